The van der Waals surface area contributed by atoms with Gasteiger partial charge in [0.1, 0.15) is 22.3 Å². The van der Waals surface area contributed by atoms with Gasteiger partial charge in [-0.15, -0.1) is 0 Å². The molecule has 1 aliphatic carbocycles. The van der Waals surface area contributed by atoms with E-state index in [2.05, 4.69) is 157 Å². The minimum atomic E-state index is 0.909. The van der Waals surface area contributed by atoms with Crippen molar-refractivity contribution in [1.29, 1.82) is 0 Å². The Bertz CT molecular complexity index is 2830. The molecule has 0 amide bonds. The molecule has 0 atom stereocenters. The molecular formula is C49H31NO2. The first-order valence-electron chi connectivity index (χ1n) is 17.8. The molecule has 52 heavy (non-hydrogen) atoms. The SMILES string of the molecule is c1ccc2c(c1)Cc1cc(N(c3ccc(-c4cccc5c4oc4ccccc45)cc3)c3ccc(-c4cccc5c4oc4ccccc45)cc3)ccc1-2. The Balaban J connectivity index is 1.02. The fourth-order valence-electron chi connectivity index (χ4n) is 8.25. The third-order valence-corrected chi connectivity index (χ3v) is 10.7. The van der Waals surface area contributed by atoms with Crippen molar-refractivity contribution in [3.8, 4) is 33.4 Å². The van der Waals surface area contributed by atoms with Crippen LogP contribution in [0, 0.1) is 0 Å². The van der Waals surface area contributed by atoms with Crippen molar-refractivity contribution in [3.63, 3.8) is 0 Å². The van der Waals surface area contributed by atoms with Gasteiger partial charge in [-0.3, -0.25) is 0 Å². The van der Waals surface area contributed by atoms with Crippen LogP contribution in [0.15, 0.2) is 185 Å². The van der Waals surface area contributed by atoms with Gasteiger partial charge in [-0.25, -0.2) is 0 Å². The maximum absolute atomic E-state index is 6.40. The highest BCUT2D eigenvalue weighted by Gasteiger charge is 2.22. The minimum Gasteiger partial charge on any atom is -0.455 e. The topological polar surface area (TPSA) is 29.5 Å². The molecule has 0 radical (unpaired) electrons. The van der Waals surface area contributed by atoms with Crippen molar-refractivity contribution in [2.45, 2.75) is 6.42 Å². The molecule has 0 unspecified atom stereocenters. The Morgan fingerprint density at radius 2 is 0.808 bits per heavy atom. The number of rotatable bonds is 5. The summed E-state index contributed by atoms with van der Waals surface area (Å²) in [7, 11) is 0. The van der Waals surface area contributed by atoms with Crippen LogP contribution in [0.2, 0.25) is 0 Å². The Morgan fingerprint density at radius 3 is 1.40 bits per heavy atom. The smallest absolute Gasteiger partial charge is 0.143 e. The van der Waals surface area contributed by atoms with Gasteiger partial charge in [0.2, 0.25) is 0 Å². The van der Waals surface area contributed by atoms with E-state index >= 15 is 0 Å². The standard InChI is InChI=1S/C49H31NO2/c1-2-10-38-33(9-1)29-34-30-37(27-28-39(34)38)50(35-23-19-31(20-24-35)40-13-7-15-44-42-11-3-5-17-46(42)51-48(40)44)36-25-21-32(22-26-36)41-14-8-16-45-43-12-4-6-18-47(43)52-49(41)45/h1-28,30H,29H2. The Morgan fingerprint density at radius 1 is 0.346 bits per heavy atom. The van der Waals surface area contributed by atoms with Gasteiger partial charge in [-0.05, 0) is 88.3 Å². The second-order valence-corrected chi connectivity index (χ2v) is 13.7. The van der Waals surface area contributed by atoms with Crippen LogP contribution in [0.4, 0.5) is 17.1 Å². The maximum Gasteiger partial charge on any atom is 0.143 e. The summed E-state index contributed by atoms with van der Waals surface area (Å²) in [6, 6.07) is 62.8. The van der Waals surface area contributed by atoms with Gasteiger partial charge in [0, 0.05) is 49.7 Å². The van der Waals surface area contributed by atoms with Crippen LogP contribution in [0.25, 0.3) is 77.3 Å². The number of fused-ring (bicyclic) bond motifs is 9. The van der Waals surface area contributed by atoms with E-state index in [-0.39, 0.29) is 0 Å². The zero-order valence-electron chi connectivity index (χ0n) is 28.2. The van der Waals surface area contributed by atoms with Crippen molar-refractivity contribution in [2.24, 2.45) is 0 Å². The second-order valence-electron chi connectivity index (χ2n) is 13.7. The summed E-state index contributed by atoms with van der Waals surface area (Å²) in [6.07, 6.45) is 0.939. The van der Waals surface area contributed by atoms with Crippen LogP contribution >= 0.6 is 0 Å². The fourth-order valence-corrected chi connectivity index (χ4v) is 8.25. The van der Waals surface area contributed by atoms with Crippen molar-refractivity contribution in [1.82, 2.24) is 0 Å². The molecule has 0 fully saturated rings. The number of hydrogen-bond donors (Lipinski definition) is 0. The first-order chi connectivity index (χ1) is 25.8. The summed E-state index contributed by atoms with van der Waals surface area (Å²) in [4.78, 5) is 2.36. The number of anilines is 3. The number of benzene rings is 8. The van der Waals surface area contributed by atoms with Crippen molar-refractivity contribution in [3.05, 3.63) is 187 Å². The molecule has 10 aromatic rings. The molecule has 2 aromatic heterocycles. The maximum atomic E-state index is 6.40. The first kappa shape index (κ1) is 28.9. The lowest BCUT2D eigenvalue weighted by Crippen LogP contribution is -2.10. The Hall–Kier alpha value is -6.84. The summed E-state index contributed by atoms with van der Waals surface area (Å²) >= 11 is 0. The minimum absolute atomic E-state index is 0.909. The number of nitrogens with zero attached hydrogens (tertiary/aromatic N) is 1. The van der Waals surface area contributed by atoms with E-state index < -0.39 is 0 Å². The van der Waals surface area contributed by atoms with Gasteiger partial charge in [0.15, 0.2) is 0 Å². The third-order valence-electron chi connectivity index (χ3n) is 10.7. The predicted octanol–water partition coefficient (Wildman–Crippen LogP) is 13.9. The molecule has 0 saturated carbocycles. The van der Waals surface area contributed by atoms with Gasteiger partial charge < -0.3 is 13.7 Å². The molecule has 11 rings (SSSR count). The van der Waals surface area contributed by atoms with Crippen LogP contribution in [0.5, 0.6) is 0 Å². The lowest BCUT2D eigenvalue weighted by Gasteiger charge is -2.26. The van der Waals surface area contributed by atoms with E-state index in [1.54, 1.807) is 0 Å². The molecule has 8 aromatic carbocycles. The highest BCUT2D eigenvalue weighted by atomic mass is 16.3. The zero-order valence-corrected chi connectivity index (χ0v) is 28.2. The molecular weight excluding hydrogens is 635 g/mol. The van der Waals surface area contributed by atoms with E-state index in [9.17, 15) is 0 Å². The van der Waals surface area contributed by atoms with Gasteiger partial charge in [0.25, 0.3) is 0 Å². The lowest BCUT2D eigenvalue weighted by molar-refractivity contribution is 0.669. The van der Waals surface area contributed by atoms with Crippen LogP contribution in [0.1, 0.15) is 11.1 Å². The van der Waals surface area contributed by atoms with E-state index in [1.165, 1.54) is 22.3 Å². The molecule has 3 heteroatoms. The largest absolute Gasteiger partial charge is 0.455 e. The van der Waals surface area contributed by atoms with Crippen molar-refractivity contribution in [2.75, 3.05) is 4.90 Å². The second kappa shape index (κ2) is 11.3. The van der Waals surface area contributed by atoms with E-state index in [4.69, 9.17) is 8.83 Å². The normalized spacial score (nSPS) is 12.2. The zero-order chi connectivity index (χ0) is 34.2. The van der Waals surface area contributed by atoms with Crippen LogP contribution in [0.3, 0.4) is 0 Å². The highest BCUT2D eigenvalue weighted by molar-refractivity contribution is 6.10. The average molecular weight is 666 g/mol. The van der Waals surface area contributed by atoms with Gasteiger partial charge >= 0.3 is 0 Å². The third kappa shape index (κ3) is 4.46. The molecule has 2 heterocycles. The lowest BCUT2D eigenvalue weighted by atomic mass is 10.0. The molecule has 0 aliphatic heterocycles. The molecule has 3 nitrogen and oxygen atoms in total. The summed E-state index contributed by atoms with van der Waals surface area (Å²) in [5.41, 5.74) is 16.8. The van der Waals surface area contributed by atoms with Crippen LogP contribution in [-0.4, -0.2) is 0 Å². The number of hydrogen-bond acceptors (Lipinski definition) is 3. The van der Waals surface area contributed by atoms with Gasteiger partial charge in [0.05, 0.1) is 0 Å². The van der Waals surface area contributed by atoms with Crippen molar-refractivity contribution >= 4 is 60.9 Å². The molecule has 0 saturated heterocycles. The molecule has 1 aliphatic rings. The average Bonchev–Trinajstić information content (AvgIpc) is 3.90. The number of furan rings is 2. The first-order valence-corrected chi connectivity index (χ1v) is 17.8. The van der Waals surface area contributed by atoms with Crippen LogP contribution < -0.4 is 4.90 Å². The van der Waals surface area contributed by atoms with Gasteiger partial charge in [-0.1, -0.05) is 127 Å². The summed E-state index contributed by atoms with van der Waals surface area (Å²) in [6.45, 7) is 0. The van der Waals surface area contributed by atoms with Crippen molar-refractivity contribution < 1.29 is 8.83 Å². The highest BCUT2D eigenvalue weighted by Crippen LogP contribution is 2.44. The number of para-hydroxylation sites is 4. The summed E-state index contributed by atoms with van der Waals surface area (Å²) in [5, 5.41) is 4.55. The molecule has 0 N–H and O–H groups in total. The van der Waals surface area contributed by atoms with E-state index in [1.807, 2.05) is 24.3 Å². The van der Waals surface area contributed by atoms with Gasteiger partial charge in [-0.2, -0.15) is 0 Å². The Labute approximate surface area is 300 Å². The quantitative estimate of drug-likeness (QED) is 0.183. The predicted molar refractivity (Wildman–Crippen MR) is 215 cm³/mol. The van der Waals surface area contributed by atoms with E-state index in [0.717, 1.165) is 89.6 Å². The molecule has 0 bridgehead atoms. The van der Waals surface area contributed by atoms with E-state index in [0.29, 0.717) is 0 Å². The molecule has 0 spiro atoms. The Kier molecular flexibility index (Phi) is 6.31. The summed E-state index contributed by atoms with van der Waals surface area (Å²) in [5.74, 6) is 0. The molecule has 244 valence electrons. The summed E-state index contributed by atoms with van der Waals surface area (Å²) < 4.78 is 12.8. The van der Waals surface area contributed by atoms with Crippen LogP contribution in [-0.2, 0) is 6.42 Å². The fraction of sp³-hybridized carbons (Fsp3) is 0.0204. The monoisotopic (exact) mass is 665 g/mol.